The van der Waals surface area contributed by atoms with Crippen LogP contribution in [-0.4, -0.2) is 17.1 Å². The average Bonchev–Trinajstić information content (AvgIpc) is 2.41. The Morgan fingerprint density at radius 1 is 1.16 bits per heavy atom. The SMILES string of the molecule is N/C(=N/O)c1ccc(OC2CCC2)c2ccccc12. The van der Waals surface area contributed by atoms with Gasteiger partial charge in [-0.3, -0.25) is 0 Å². The second kappa shape index (κ2) is 4.80. The molecule has 4 heteroatoms. The summed E-state index contributed by atoms with van der Waals surface area (Å²) in [6.07, 6.45) is 3.82. The van der Waals surface area contributed by atoms with Crippen LogP contribution >= 0.6 is 0 Å². The molecule has 0 radical (unpaired) electrons. The molecule has 2 aromatic rings. The number of oxime groups is 1. The zero-order chi connectivity index (χ0) is 13.2. The number of hydrogen-bond donors (Lipinski definition) is 2. The Kier molecular flexibility index (Phi) is 2.99. The fourth-order valence-electron chi connectivity index (χ4n) is 2.32. The third-order valence-electron chi connectivity index (χ3n) is 3.61. The van der Waals surface area contributed by atoms with Crippen LogP contribution < -0.4 is 10.5 Å². The summed E-state index contributed by atoms with van der Waals surface area (Å²) in [5.74, 6) is 0.987. The van der Waals surface area contributed by atoms with E-state index in [1.54, 1.807) is 0 Å². The van der Waals surface area contributed by atoms with Crippen LogP contribution in [0.5, 0.6) is 5.75 Å². The lowest BCUT2D eigenvalue weighted by atomic mass is 9.96. The molecular formula is C15H16N2O2. The smallest absolute Gasteiger partial charge is 0.170 e. The van der Waals surface area contributed by atoms with E-state index in [1.165, 1.54) is 6.42 Å². The summed E-state index contributed by atoms with van der Waals surface area (Å²) in [5.41, 5.74) is 6.43. The van der Waals surface area contributed by atoms with Crippen LogP contribution in [0.4, 0.5) is 0 Å². The highest BCUT2D eigenvalue weighted by Crippen LogP contribution is 2.32. The van der Waals surface area contributed by atoms with E-state index in [0.717, 1.165) is 34.9 Å². The maximum absolute atomic E-state index is 8.84. The van der Waals surface area contributed by atoms with Gasteiger partial charge in [0.15, 0.2) is 5.84 Å². The van der Waals surface area contributed by atoms with Gasteiger partial charge in [-0.05, 0) is 36.8 Å². The summed E-state index contributed by atoms with van der Waals surface area (Å²) in [6.45, 7) is 0. The molecular weight excluding hydrogens is 240 g/mol. The van der Waals surface area contributed by atoms with E-state index >= 15 is 0 Å². The van der Waals surface area contributed by atoms with E-state index in [2.05, 4.69) is 5.16 Å². The molecule has 0 aromatic heterocycles. The van der Waals surface area contributed by atoms with Crippen molar-refractivity contribution in [2.24, 2.45) is 10.9 Å². The Morgan fingerprint density at radius 2 is 1.89 bits per heavy atom. The monoisotopic (exact) mass is 256 g/mol. The van der Waals surface area contributed by atoms with Crippen molar-refractivity contribution < 1.29 is 9.94 Å². The molecule has 19 heavy (non-hydrogen) atoms. The van der Waals surface area contributed by atoms with Crippen molar-refractivity contribution in [1.29, 1.82) is 0 Å². The number of benzene rings is 2. The molecule has 4 nitrogen and oxygen atoms in total. The van der Waals surface area contributed by atoms with Gasteiger partial charge in [0.1, 0.15) is 5.75 Å². The van der Waals surface area contributed by atoms with Gasteiger partial charge in [0.25, 0.3) is 0 Å². The van der Waals surface area contributed by atoms with Crippen LogP contribution in [0.25, 0.3) is 10.8 Å². The second-order valence-electron chi connectivity index (χ2n) is 4.81. The molecule has 98 valence electrons. The number of hydrogen-bond acceptors (Lipinski definition) is 3. The average molecular weight is 256 g/mol. The molecule has 0 atom stereocenters. The molecule has 1 aliphatic rings. The molecule has 2 aromatic carbocycles. The summed E-state index contributed by atoms with van der Waals surface area (Å²) in [4.78, 5) is 0. The standard InChI is InChI=1S/C15H16N2O2/c16-15(17-18)13-8-9-14(19-10-4-3-5-10)12-7-2-1-6-11(12)13/h1-2,6-10,18H,3-5H2,(H2,16,17). The number of fused-ring (bicyclic) bond motifs is 1. The van der Waals surface area contributed by atoms with E-state index in [1.807, 2.05) is 36.4 Å². The van der Waals surface area contributed by atoms with Gasteiger partial charge in [0.05, 0.1) is 6.10 Å². The van der Waals surface area contributed by atoms with Gasteiger partial charge in [-0.25, -0.2) is 0 Å². The van der Waals surface area contributed by atoms with E-state index in [9.17, 15) is 0 Å². The van der Waals surface area contributed by atoms with Crippen molar-refractivity contribution in [3.8, 4) is 5.75 Å². The molecule has 0 unspecified atom stereocenters. The minimum Gasteiger partial charge on any atom is -0.490 e. The van der Waals surface area contributed by atoms with Crippen LogP contribution in [-0.2, 0) is 0 Å². The molecule has 1 saturated carbocycles. The van der Waals surface area contributed by atoms with Crippen LogP contribution in [0.1, 0.15) is 24.8 Å². The topological polar surface area (TPSA) is 67.8 Å². The van der Waals surface area contributed by atoms with Gasteiger partial charge in [0.2, 0.25) is 0 Å². The van der Waals surface area contributed by atoms with Crippen molar-refractivity contribution in [1.82, 2.24) is 0 Å². The molecule has 0 spiro atoms. The molecule has 1 aliphatic carbocycles. The first kappa shape index (κ1) is 11.8. The molecule has 3 N–H and O–H groups in total. The number of nitrogens with two attached hydrogens (primary N) is 1. The summed E-state index contributed by atoms with van der Waals surface area (Å²) < 4.78 is 5.99. The fraction of sp³-hybridized carbons (Fsp3) is 0.267. The molecule has 0 bridgehead atoms. The van der Waals surface area contributed by atoms with Crippen molar-refractivity contribution in [3.63, 3.8) is 0 Å². The Balaban J connectivity index is 2.10. The van der Waals surface area contributed by atoms with Gasteiger partial charge in [-0.15, -0.1) is 0 Å². The predicted octanol–water partition coefficient (Wildman–Crippen LogP) is 2.87. The highest BCUT2D eigenvalue weighted by molar-refractivity contribution is 6.10. The zero-order valence-electron chi connectivity index (χ0n) is 10.5. The number of amidine groups is 1. The van der Waals surface area contributed by atoms with Crippen LogP contribution in [0, 0.1) is 0 Å². The fourth-order valence-corrected chi connectivity index (χ4v) is 2.32. The van der Waals surface area contributed by atoms with Crippen molar-refractivity contribution >= 4 is 16.6 Å². The maximum atomic E-state index is 8.84. The third-order valence-corrected chi connectivity index (χ3v) is 3.61. The maximum Gasteiger partial charge on any atom is 0.170 e. The molecule has 0 heterocycles. The van der Waals surface area contributed by atoms with Gasteiger partial charge < -0.3 is 15.7 Å². The first-order valence-corrected chi connectivity index (χ1v) is 6.46. The minimum absolute atomic E-state index is 0.117. The second-order valence-corrected chi connectivity index (χ2v) is 4.81. The number of nitrogens with zero attached hydrogens (tertiary/aromatic N) is 1. The van der Waals surface area contributed by atoms with Crippen LogP contribution in [0.3, 0.4) is 0 Å². The highest BCUT2D eigenvalue weighted by atomic mass is 16.5. The highest BCUT2D eigenvalue weighted by Gasteiger charge is 2.20. The molecule has 1 fully saturated rings. The predicted molar refractivity (Wildman–Crippen MR) is 74.7 cm³/mol. The van der Waals surface area contributed by atoms with Gasteiger partial charge in [-0.1, -0.05) is 29.4 Å². The summed E-state index contributed by atoms with van der Waals surface area (Å²) in [7, 11) is 0. The summed E-state index contributed by atoms with van der Waals surface area (Å²) in [5, 5.41) is 13.9. The van der Waals surface area contributed by atoms with E-state index in [0.29, 0.717) is 6.10 Å². The van der Waals surface area contributed by atoms with E-state index in [4.69, 9.17) is 15.7 Å². The Hall–Kier alpha value is -2.23. The zero-order valence-corrected chi connectivity index (χ0v) is 10.5. The van der Waals surface area contributed by atoms with Crippen molar-refractivity contribution in [3.05, 3.63) is 42.0 Å². The Labute approximate surface area is 111 Å². The molecule has 0 amide bonds. The number of ether oxygens (including phenoxy) is 1. The van der Waals surface area contributed by atoms with Gasteiger partial charge in [-0.2, -0.15) is 0 Å². The molecule has 0 aliphatic heterocycles. The first-order valence-electron chi connectivity index (χ1n) is 6.46. The third kappa shape index (κ3) is 2.10. The normalized spacial score (nSPS) is 16.3. The summed E-state index contributed by atoms with van der Waals surface area (Å²) in [6, 6.07) is 11.6. The van der Waals surface area contributed by atoms with E-state index < -0.39 is 0 Å². The first-order chi connectivity index (χ1) is 9.29. The molecule has 0 saturated heterocycles. The van der Waals surface area contributed by atoms with Crippen LogP contribution in [0.15, 0.2) is 41.6 Å². The minimum atomic E-state index is 0.117. The van der Waals surface area contributed by atoms with E-state index in [-0.39, 0.29) is 5.84 Å². The largest absolute Gasteiger partial charge is 0.490 e. The van der Waals surface area contributed by atoms with Crippen LogP contribution in [0.2, 0.25) is 0 Å². The van der Waals surface area contributed by atoms with Gasteiger partial charge >= 0.3 is 0 Å². The molecule has 3 rings (SSSR count). The lowest BCUT2D eigenvalue weighted by molar-refractivity contribution is 0.122. The number of rotatable bonds is 3. The van der Waals surface area contributed by atoms with Crippen molar-refractivity contribution in [2.75, 3.05) is 0 Å². The Bertz CT molecular complexity index is 633. The lowest BCUT2D eigenvalue weighted by Gasteiger charge is -2.27. The quantitative estimate of drug-likeness (QED) is 0.384. The van der Waals surface area contributed by atoms with Crippen molar-refractivity contribution in [2.45, 2.75) is 25.4 Å². The van der Waals surface area contributed by atoms with Gasteiger partial charge in [0, 0.05) is 10.9 Å². The Morgan fingerprint density at radius 3 is 2.53 bits per heavy atom. The lowest BCUT2D eigenvalue weighted by Crippen LogP contribution is -2.24. The summed E-state index contributed by atoms with van der Waals surface area (Å²) >= 11 is 0.